The molecule has 0 aromatic heterocycles. The van der Waals surface area contributed by atoms with Gasteiger partial charge >= 0.3 is 0 Å². The third kappa shape index (κ3) is 7.95. The maximum absolute atomic E-state index is 12.0. The molecule has 0 radical (unpaired) electrons. The van der Waals surface area contributed by atoms with Gasteiger partial charge in [0.2, 0.25) is 5.91 Å². The van der Waals surface area contributed by atoms with Crippen LogP contribution in [-0.2, 0) is 11.3 Å². The van der Waals surface area contributed by atoms with E-state index in [1.165, 1.54) is 0 Å². The molecule has 0 spiro atoms. The molecule has 0 aliphatic carbocycles. The summed E-state index contributed by atoms with van der Waals surface area (Å²) >= 11 is 1.91. The number of nitrogens with one attached hydrogen (secondary N) is 2. The molecular weight excluding hydrogens is 332 g/mol. The number of rotatable bonds is 8. The molecule has 1 aromatic rings. The van der Waals surface area contributed by atoms with Crippen molar-refractivity contribution in [3.63, 3.8) is 0 Å². The summed E-state index contributed by atoms with van der Waals surface area (Å²) in [7, 11) is 0. The number of amides is 1. The fourth-order valence-corrected chi connectivity index (χ4v) is 3.28. The predicted octanol–water partition coefficient (Wildman–Crippen LogP) is 3.00. The summed E-state index contributed by atoms with van der Waals surface area (Å²) in [4.78, 5) is 12.0. The molecule has 2 N–H and O–H groups in total. The molecule has 4 nitrogen and oxygen atoms in total. The summed E-state index contributed by atoms with van der Waals surface area (Å²) in [5.74, 6) is 3.15. The Morgan fingerprint density at radius 2 is 2.35 bits per heavy atom. The fourth-order valence-electron chi connectivity index (χ4n) is 2.33. The van der Waals surface area contributed by atoms with E-state index in [0.29, 0.717) is 19.0 Å². The van der Waals surface area contributed by atoms with Crippen molar-refractivity contribution in [1.82, 2.24) is 10.6 Å². The third-order valence-electron chi connectivity index (χ3n) is 3.58. The van der Waals surface area contributed by atoms with Crippen molar-refractivity contribution in [2.24, 2.45) is 0 Å². The fraction of sp³-hybridized carbons (Fsp3) is 0.588. The van der Waals surface area contributed by atoms with Crippen LogP contribution in [0.15, 0.2) is 24.3 Å². The maximum atomic E-state index is 12.0. The van der Waals surface area contributed by atoms with Crippen molar-refractivity contribution < 1.29 is 9.53 Å². The van der Waals surface area contributed by atoms with Crippen LogP contribution in [0.3, 0.4) is 0 Å². The van der Waals surface area contributed by atoms with Crippen LogP contribution in [0.1, 0.15) is 31.7 Å². The lowest BCUT2D eigenvalue weighted by atomic mass is 10.2. The molecule has 23 heavy (non-hydrogen) atoms. The van der Waals surface area contributed by atoms with E-state index in [4.69, 9.17) is 4.74 Å². The Morgan fingerprint density at radius 3 is 3.09 bits per heavy atom. The number of thioether (sulfide) groups is 1. The van der Waals surface area contributed by atoms with Crippen molar-refractivity contribution in [3.8, 4) is 5.75 Å². The Kier molecular flexibility index (Phi) is 10.2. The number of halogens is 1. The monoisotopic (exact) mass is 358 g/mol. The zero-order valence-corrected chi connectivity index (χ0v) is 15.3. The topological polar surface area (TPSA) is 50.4 Å². The van der Waals surface area contributed by atoms with Crippen molar-refractivity contribution in [2.75, 3.05) is 24.7 Å². The number of carbonyl (C=O) groups is 1. The van der Waals surface area contributed by atoms with Crippen LogP contribution < -0.4 is 15.4 Å². The lowest BCUT2D eigenvalue weighted by molar-refractivity contribution is -0.121. The number of unbranched alkanes of at least 4 members (excludes halogenated alkanes) is 1. The van der Waals surface area contributed by atoms with Crippen LogP contribution in [-0.4, -0.2) is 36.6 Å². The Labute approximate surface area is 149 Å². The summed E-state index contributed by atoms with van der Waals surface area (Å²) in [6.45, 7) is 4.45. The minimum absolute atomic E-state index is 0. The normalized spacial score (nSPS) is 17.2. The van der Waals surface area contributed by atoms with E-state index >= 15 is 0 Å². The first kappa shape index (κ1) is 20.1. The first-order valence-corrected chi connectivity index (χ1v) is 9.23. The molecular formula is C17H27ClN2O2S. The number of hydrogen-bond donors (Lipinski definition) is 2. The highest BCUT2D eigenvalue weighted by atomic mass is 35.5. The number of benzene rings is 1. The summed E-state index contributed by atoms with van der Waals surface area (Å²) in [6.07, 6.45) is 2.75. The minimum atomic E-state index is 0. The molecule has 1 saturated heterocycles. The number of carbonyl (C=O) groups excluding carboxylic acids is 1. The molecule has 1 aliphatic rings. The van der Waals surface area contributed by atoms with E-state index < -0.39 is 0 Å². The zero-order chi connectivity index (χ0) is 15.6. The van der Waals surface area contributed by atoms with E-state index in [9.17, 15) is 4.79 Å². The van der Waals surface area contributed by atoms with Gasteiger partial charge in [-0.15, -0.1) is 12.4 Å². The Morgan fingerprint density at radius 1 is 1.48 bits per heavy atom. The first-order valence-electron chi connectivity index (χ1n) is 8.07. The van der Waals surface area contributed by atoms with E-state index in [0.717, 1.165) is 48.8 Å². The molecule has 2 rings (SSSR count). The van der Waals surface area contributed by atoms with E-state index in [1.54, 1.807) is 0 Å². The molecule has 1 fully saturated rings. The standard InChI is InChI=1S/C17H26N2O2S.ClH/c1-2-3-8-21-16-6-4-5-14(10-16)12-19-17(20)11-15-13-22-9-7-18-15;/h4-6,10,15,18H,2-3,7-9,11-13H2,1H3,(H,19,20);1H. The smallest absolute Gasteiger partial charge is 0.221 e. The Balaban J connectivity index is 0.00000264. The van der Waals surface area contributed by atoms with Crippen molar-refractivity contribution in [1.29, 1.82) is 0 Å². The average molecular weight is 359 g/mol. The van der Waals surface area contributed by atoms with E-state index in [-0.39, 0.29) is 18.3 Å². The molecule has 130 valence electrons. The molecule has 0 bridgehead atoms. The van der Waals surface area contributed by atoms with Gasteiger partial charge in [-0.2, -0.15) is 11.8 Å². The molecule has 1 amide bonds. The summed E-state index contributed by atoms with van der Waals surface area (Å²) in [5.41, 5.74) is 1.08. The van der Waals surface area contributed by atoms with Gasteiger partial charge in [0.05, 0.1) is 6.61 Å². The SMILES string of the molecule is CCCCOc1cccc(CNC(=O)CC2CSCCN2)c1.Cl. The summed E-state index contributed by atoms with van der Waals surface area (Å²) in [5, 5.41) is 6.38. The van der Waals surface area contributed by atoms with Crippen molar-refractivity contribution in [2.45, 2.75) is 38.8 Å². The van der Waals surface area contributed by atoms with Gasteiger partial charge in [-0.05, 0) is 24.1 Å². The third-order valence-corrected chi connectivity index (χ3v) is 4.72. The molecule has 1 aromatic carbocycles. The molecule has 1 aliphatic heterocycles. The van der Waals surface area contributed by atoms with Gasteiger partial charge in [0, 0.05) is 37.1 Å². The van der Waals surface area contributed by atoms with Crippen molar-refractivity contribution in [3.05, 3.63) is 29.8 Å². The van der Waals surface area contributed by atoms with Gasteiger partial charge in [-0.25, -0.2) is 0 Å². The Hall–Kier alpha value is -0.910. The molecule has 6 heteroatoms. The van der Waals surface area contributed by atoms with Gasteiger partial charge in [0.25, 0.3) is 0 Å². The largest absolute Gasteiger partial charge is 0.494 e. The second-order valence-corrected chi connectivity index (χ2v) is 6.71. The number of hydrogen-bond acceptors (Lipinski definition) is 4. The van der Waals surface area contributed by atoms with Crippen LogP contribution in [0.2, 0.25) is 0 Å². The number of ether oxygens (including phenoxy) is 1. The van der Waals surface area contributed by atoms with Crippen LogP contribution in [0, 0.1) is 0 Å². The van der Waals surface area contributed by atoms with Gasteiger partial charge in [0.1, 0.15) is 5.75 Å². The van der Waals surface area contributed by atoms with E-state index in [1.807, 2.05) is 36.0 Å². The van der Waals surface area contributed by atoms with Gasteiger partial charge in [-0.1, -0.05) is 25.5 Å². The zero-order valence-electron chi connectivity index (χ0n) is 13.7. The first-order chi connectivity index (χ1) is 10.8. The highest BCUT2D eigenvalue weighted by Gasteiger charge is 2.16. The molecule has 1 unspecified atom stereocenters. The summed E-state index contributed by atoms with van der Waals surface area (Å²) in [6, 6.07) is 8.26. The van der Waals surface area contributed by atoms with Crippen LogP contribution in [0.25, 0.3) is 0 Å². The molecule has 1 heterocycles. The second kappa shape index (κ2) is 11.6. The van der Waals surface area contributed by atoms with Gasteiger partial charge in [-0.3, -0.25) is 4.79 Å². The summed E-state index contributed by atoms with van der Waals surface area (Å²) < 4.78 is 5.69. The maximum Gasteiger partial charge on any atom is 0.221 e. The average Bonchev–Trinajstić information content (AvgIpc) is 2.55. The predicted molar refractivity (Wildman–Crippen MR) is 99.7 cm³/mol. The van der Waals surface area contributed by atoms with Crippen LogP contribution in [0.4, 0.5) is 0 Å². The van der Waals surface area contributed by atoms with Gasteiger partial charge < -0.3 is 15.4 Å². The highest BCUT2D eigenvalue weighted by Crippen LogP contribution is 2.14. The molecule has 0 saturated carbocycles. The second-order valence-electron chi connectivity index (χ2n) is 5.56. The lowest BCUT2D eigenvalue weighted by Crippen LogP contribution is -2.41. The quantitative estimate of drug-likeness (QED) is 0.701. The highest BCUT2D eigenvalue weighted by molar-refractivity contribution is 7.99. The van der Waals surface area contributed by atoms with Crippen LogP contribution in [0.5, 0.6) is 5.75 Å². The van der Waals surface area contributed by atoms with Gasteiger partial charge in [0.15, 0.2) is 0 Å². The van der Waals surface area contributed by atoms with Crippen molar-refractivity contribution >= 4 is 30.1 Å². The molecule has 1 atom stereocenters. The Bertz CT molecular complexity index is 468. The lowest BCUT2D eigenvalue weighted by Gasteiger charge is -2.22. The van der Waals surface area contributed by atoms with E-state index in [2.05, 4.69) is 17.6 Å². The van der Waals surface area contributed by atoms with Crippen LogP contribution >= 0.6 is 24.2 Å². The minimum Gasteiger partial charge on any atom is -0.494 e.